The number of carbonyl (C=O) groups is 2. The number of rotatable bonds is 4. The summed E-state index contributed by atoms with van der Waals surface area (Å²) in [7, 11) is 0. The van der Waals surface area contributed by atoms with Crippen LogP contribution in [0.4, 0.5) is 0 Å². The van der Waals surface area contributed by atoms with Gasteiger partial charge in [-0.2, -0.15) is 0 Å². The van der Waals surface area contributed by atoms with Crippen molar-refractivity contribution in [1.82, 2.24) is 0 Å². The van der Waals surface area contributed by atoms with Gasteiger partial charge in [-0.05, 0) is 30.5 Å². The van der Waals surface area contributed by atoms with Crippen LogP contribution in [0.5, 0.6) is 5.75 Å². The lowest BCUT2D eigenvalue weighted by atomic mass is 10.1. The molecule has 0 aliphatic carbocycles. The summed E-state index contributed by atoms with van der Waals surface area (Å²) in [5, 5.41) is 0. The maximum Gasteiger partial charge on any atom is 0.347 e. The second kappa shape index (κ2) is 4.57. The van der Waals surface area contributed by atoms with E-state index in [4.69, 9.17) is 4.74 Å². The Morgan fingerprint density at radius 3 is 2.59 bits per heavy atom. The summed E-state index contributed by atoms with van der Waals surface area (Å²) < 4.78 is 10.0. The number of cyclic esters (lactones) is 2. The van der Waals surface area contributed by atoms with Gasteiger partial charge in [0.1, 0.15) is 5.75 Å². The summed E-state index contributed by atoms with van der Waals surface area (Å²) in [4.78, 5) is 22.5. The average Bonchev–Trinajstić information content (AvgIpc) is 2.54. The first-order valence-corrected chi connectivity index (χ1v) is 5.61. The van der Waals surface area contributed by atoms with Crippen LogP contribution >= 0.6 is 0 Å². The normalized spacial score (nSPS) is 13.8. The molecule has 1 heterocycles. The van der Waals surface area contributed by atoms with E-state index in [1.807, 2.05) is 0 Å². The van der Waals surface area contributed by atoms with Crippen LogP contribution in [0.1, 0.15) is 41.0 Å². The molecule has 2 rings (SSSR count). The van der Waals surface area contributed by atoms with Gasteiger partial charge in [0.05, 0.1) is 17.7 Å². The second-order valence-electron chi connectivity index (χ2n) is 4.42. The molecule has 0 atom stereocenters. The van der Waals surface area contributed by atoms with Gasteiger partial charge in [-0.25, -0.2) is 9.59 Å². The molecule has 1 aliphatic rings. The Morgan fingerprint density at radius 2 is 1.88 bits per heavy atom. The number of benzene rings is 1. The highest BCUT2D eigenvalue weighted by Crippen LogP contribution is 2.24. The molecule has 0 bridgehead atoms. The smallest absolute Gasteiger partial charge is 0.347 e. The van der Waals surface area contributed by atoms with E-state index in [0.29, 0.717) is 23.8 Å². The number of ether oxygens (including phenoxy) is 2. The monoisotopic (exact) mass is 234 g/mol. The molecular weight excluding hydrogens is 220 g/mol. The van der Waals surface area contributed by atoms with Gasteiger partial charge >= 0.3 is 11.9 Å². The van der Waals surface area contributed by atoms with Crippen molar-refractivity contribution in [2.75, 3.05) is 6.61 Å². The molecule has 0 radical (unpaired) electrons. The average molecular weight is 234 g/mol. The van der Waals surface area contributed by atoms with Crippen LogP contribution in [0.3, 0.4) is 0 Å². The second-order valence-corrected chi connectivity index (χ2v) is 4.42. The fourth-order valence-corrected chi connectivity index (χ4v) is 1.57. The summed E-state index contributed by atoms with van der Waals surface area (Å²) in [5.41, 5.74) is 0.600. The lowest BCUT2D eigenvalue weighted by Crippen LogP contribution is -2.02. The van der Waals surface area contributed by atoms with Crippen LogP contribution in [-0.2, 0) is 4.74 Å². The van der Waals surface area contributed by atoms with Gasteiger partial charge in [0.2, 0.25) is 0 Å². The Bertz CT molecular complexity index is 462. The topological polar surface area (TPSA) is 52.6 Å². The Kier molecular flexibility index (Phi) is 3.13. The van der Waals surface area contributed by atoms with E-state index in [-0.39, 0.29) is 5.56 Å². The number of fused-ring (bicyclic) bond motifs is 1. The molecule has 17 heavy (non-hydrogen) atoms. The van der Waals surface area contributed by atoms with Crippen molar-refractivity contribution >= 4 is 11.9 Å². The van der Waals surface area contributed by atoms with E-state index in [0.717, 1.165) is 6.42 Å². The van der Waals surface area contributed by atoms with Crippen LogP contribution < -0.4 is 4.74 Å². The molecule has 0 unspecified atom stereocenters. The highest BCUT2D eigenvalue weighted by molar-refractivity contribution is 6.14. The van der Waals surface area contributed by atoms with Gasteiger partial charge in [-0.3, -0.25) is 0 Å². The predicted molar refractivity (Wildman–Crippen MR) is 61.1 cm³/mol. The third kappa shape index (κ3) is 2.46. The van der Waals surface area contributed by atoms with Gasteiger partial charge in [0, 0.05) is 0 Å². The van der Waals surface area contributed by atoms with Crippen molar-refractivity contribution in [1.29, 1.82) is 0 Å². The Morgan fingerprint density at radius 1 is 1.18 bits per heavy atom. The standard InChI is InChI=1S/C13H14O4/c1-8(2)5-6-16-9-3-4-10-11(7-9)13(15)17-12(10)14/h3-4,7-8H,5-6H2,1-2H3. The maximum atomic E-state index is 11.3. The molecule has 0 amide bonds. The van der Waals surface area contributed by atoms with Crippen LogP contribution in [-0.4, -0.2) is 18.5 Å². The zero-order valence-corrected chi connectivity index (χ0v) is 9.86. The highest BCUT2D eigenvalue weighted by Gasteiger charge is 2.29. The minimum Gasteiger partial charge on any atom is -0.494 e. The van der Waals surface area contributed by atoms with Crippen LogP contribution in [0, 0.1) is 5.92 Å². The summed E-state index contributed by atoms with van der Waals surface area (Å²) >= 11 is 0. The van der Waals surface area contributed by atoms with Crippen LogP contribution in [0.15, 0.2) is 18.2 Å². The number of esters is 2. The minimum atomic E-state index is -0.598. The van der Waals surface area contributed by atoms with Crippen molar-refractivity contribution in [3.05, 3.63) is 29.3 Å². The van der Waals surface area contributed by atoms with Crippen molar-refractivity contribution in [2.24, 2.45) is 5.92 Å². The molecule has 4 nitrogen and oxygen atoms in total. The van der Waals surface area contributed by atoms with E-state index in [9.17, 15) is 9.59 Å². The van der Waals surface area contributed by atoms with E-state index in [1.54, 1.807) is 18.2 Å². The first kappa shape index (κ1) is 11.6. The minimum absolute atomic E-state index is 0.289. The third-order valence-corrected chi connectivity index (χ3v) is 2.58. The Hall–Kier alpha value is -1.84. The van der Waals surface area contributed by atoms with Gasteiger partial charge in [-0.1, -0.05) is 13.8 Å². The van der Waals surface area contributed by atoms with Crippen molar-refractivity contribution in [3.8, 4) is 5.75 Å². The van der Waals surface area contributed by atoms with Crippen molar-refractivity contribution < 1.29 is 19.1 Å². The summed E-state index contributed by atoms with van der Waals surface area (Å²) in [6.45, 7) is 4.82. The van der Waals surface area contributed by atoms with Crippen molar-refractivity contribution in [3.63, 3.8) is 0 Å². The largest absolute Gasteiger partial charge is 0.494 e. The number of carbonyl (C=O) groups excluding carboxylic acids is 2. The van der Waals surface area contributed by atoms with Gasteiger partial charge < -0.3 is 9.47 Å². The number of hydrogen-bond acceptors (Lipinski definition) is 4. The fraction of sp³-hybridized carbons (Fsp3) is 0.385. The van der Waals surface area contributed by atoms with Gasteiger partial charge in [0.15, 0.2) is 0 Å². The molecule has 0 fully saturated rings. The lowest BCUT2D eigenvalue weighted by molar-refractivity contribution is 0.0443. The zero-order chi connectivity index (χ0) is 12.4. The molecule has 0 saturated heterocycles. The molecule has 0 saturated carbocycles. The molecule has 1 aromatic rings. The van der Waals surface area contributed by atoms with Gasteiger partial charge in [-0.15, -0.1) is 0 Å². The molecule has 0 spiro atoms. The molecule has 0 N–H and O–H groups in total. The predicted octanol–water partition coefficient (Wildman–Crippen LogP) is 2.42. The number of hydrogen-bond donors (Lipinski definition) is 0. The Balaban J connectivity index is 2.09. The van der Waals surface area contributed by atoms with Gasteiger partial charge in [0.25, 0.3) is 0 Å². The fourth-order valence-electron chi connectivity index (χ4n) is 1.57. The molecule has 1 aliphatic heterocycles. The SMILES string of the molecule is CC(C)CCOc1ccc2c(c1)C(=O)OC2=O. The van der Waals surface area contributed by atoms with E-state index < -0.39 is 11.9 Å². The first-order valence-electron chi connectivity index (χ1n) is 5.61. The summed E-state index contributed by atoms with van der Waals surface area (Å²) in [6.07, 6.45) is 0.945. The van der Waals surface area contributed by atoms with E-state index in [1.165, 1.54) is 0 Å². The molecular formula is C13H14O4. The summed E-state index contributed by atoms with van der Waals surface area (Å²) in [5.74, 6) is -0.0231. The maximum absolute atomic E-state index is 11.3. The van der Waals surface area contributed by atoms with E-state index in [2.05, 4.69) is 18.6 Å². The zero-order valence-electron chi connectivity index (χ0n) is 9.86. The molecule has 90 valence electrons. The Labute approximate surface area is 99.5 Å². The first-order chi connectivity index (χ1) is 8.08. The van der Waals surface area contributed by atoms with Crippen LogP contribution in [0.25, 0.3) is 0 Å². The van der Waals surface area contributed by atoms with Crippen LogP contribution in [0.2, 0.25) is 0 Å². The van der Waals surface area contributed by atoms with E-state index >= 15 is 0 Å². The summed E-state index contributed by atoms with van der Waals surface area (Å²) in [6, 6.07) is 4.80. The molecule has 0 aromatic heterocycles. The third-order valence-electron chi connectivity index (χ3n) is 2.58. The highest BCUT2D eigenvalue weighted by atomic mass is 16.6. The van der Waals surface area contributed by atoms with Crippen molar-refractivity contribution in [2.45, 2.75) is 20.3 Å². The lowest BCUT2D eigenvalue weighted by Gasteiger charge is -2.08. The molecule has 4 heteroatoms. The molecule has 1 aromatic carbocycles. The quantitative estimate of drug-likeness (QED) is 0.593.